The van der Waals surface area contributed by atoms with Crippen molar-refractivity contribution in [2.45, 2.75) is 30.3 Å². The van der Waals surface area contributed by atoms with Gasteiger partial charge >= 0.3 is 0 Å². The van der Waals surface area contributed by atoms with E-state index >= 15 is 0 Å². The lowest BCUT2D eigenvalue weighted by molar-refractivity contribution is -0.131. The summed E-state index contributed by atoms with van der Waals surface area (Å²) in [5.74, 6) is 0.268. The Hall–Kier alpha value is -2.39. The van der Waals surface area contributed by atoms with E-state index in [4.69, 9.17) is 0 Å². The monoisotopic (exact) mass is 387 g/mol. The first kappa shape index (κ1) is 17.0. The third-order valence-corrected chi connectivity index (χ3v) is 6.33. The SMILES string of the molecule is CC(Sc1nnnn1-c1ccc(O)cc1)C(=O)N1CCc2sccc2C1. The number of tetrazole rings is 1. The van der Waals surface area contributed by atoms with Crippen LogP contribution in [0.15, 0.2) is 40.9 Å². The van der Waals surface area contributed by atoms with Gasteiger partial charge in [-0.2, -0.15) is 4.68 Å². The van der Waals surface area contributed by atoms with E-state index in [9.17, 15) is 9.90 Å². The lowest BCUT2D eigenvalue weighted by Gasteiger charge is -2.29. The number of carbonyl (C=O) groups excluding carboxylic acids is 1. The second kappa shape index (κ2) is 7.08. The molecule has 0 saturated heterocycles. The molecule has 26 heavy (non-hydrogen) atoms. The first-order valence-electron chi connectivity index (χ1n) is 8.20. The van der Waals surface area contributed by atoms with Crippen LogP contribution in [-0.4, -0.2) is 47.9 Å². The first-order chi connectivity index (χ1) is 12.6. The summed E-state index contributed by atoms with van der Waals surface area (Å²) in [5.41, 5.74) is 1.98. The largest absolute Gasteiger partial charge is 0.508 e. The molecule has 7 nitrogen and oxygen atoms in total. The molecule has 1 aromatic carbocycles. The Morgan fingerprint density at radius 2 is 2.12 bits per heavy atom. The molecule has 0 spiro atoms. The maximum Gasteiger partial charge on any atom is 0.236 e. The van der Waals surface area contributed by atoms with Crippen LogP contribution in [0.2, 0.25) is 0 Å². The molecule has 2 aromatic heterocycles. The smallest absolute Gasteiger partial charge is 0.236 e. The molecule has 0 fully saturated rings. The molecule has 134 valence electrons. The Labute approximate surface area is 158 Å². The Bertz CT molecular complexity index is 921. The van der Waals surface area contributed by atoms with Crippen molar-refractivity contribution >= 4 is 29.0 Å². The predicted molar refractivity (Wildman–Crippen MR) is 99.6 cm³/mol. The first-order valence-corrected chi connectivity index (χ1v) is 9.96. The highest BCUT2D eigenvalue weighted by atomic mass is 32.2. The zero-order valence-corrected chi connectivity index (χ0v) is 15.7. The van der Waals surface area contributed by atoms with Crippen molar-refractivity contribution in [3.05, 3.63) is 46.2 Å². The maximum absolute atomic E-state index is 12.8. The van der Waals surface area contributed by atoms with E-state index in [0.717, 1.165) is 18.7 Å². The average Bonchev–Trinajstić information content (AvgIpc) is 3.30. The quantitative estimate of drug-likeness (QED) is 0.693. The lowest BCUT2D eigenvalue weighted by Crippen LogP contribution is -2.39. The van der Waals surface area contributed by atoms with Gasteiger partial charge in [0.25, 0.3) is 0 Å². The van der Waals surface area contributed by atoms with Gasteiger partial charge in [0.1, 0.15) is 5.75 Å². The van der Waals surface area contributed by atoms with Gasteiger partial charge in [-0.05, 0) is 65.0 Å². The maximum atomic E-state index is 12.8. The van der Waals surface area contributed by atoms with Crippen molar-refractivity contribution < 1.29 is 9.90 Å². The molecular formula is C17H17N5O2S2. The van der Waals surface area contributed by atoms with Crippen LogP contribution in [0.4, 0.5) is 0 Å². The summed E-state index contributed by atoms with van der Waals surface area (Å²) in [6.07, 6.45) is 0.918. The fourth-order valence-electron chi connectivity index (χ4n) is 2.91. The van der Waals surface area contributed by atoms with Gasteiger partial charge in [-0.25, -0.2) is 0 Å². The van der Waals surface area contributed by atoms with Crippen LogP contribution in [0.1, 0.15) is 17.4 Å². The second-order valence-electron chi connectivity index (χ2n) is 6.03. The molecule has 1 aliphatic rings. The van der Waals surface area contributed by atoms with Crippen molar-refractivity contribution in [1.29, 1.82) is 0 Å². The number of aromatic nitrogens is 4. The van der Waals surface area contributed by atoms with Crippen LogP contribution < -0.4 is 0 Å². The summed E-state index contributed by atoms with van der Waals surface area (Å²) in [5, 5.41) is 23.5. The second-order valence-corrected chi connectivity index (χ2v) is 8.34. The minimum Gasteiger partial charge on any atom is -0.508 e. The molecule has 1 amide bonds. The van der Waals surface area contributed by atoms with Crippen molar-refractivity contribution in [3.63, 3.8) is 0 Å². The normalized spacial score (nSPS) is 14.9. The minimum atomic E-state index is -0.294. The number of amides is 1. The van der Waals surface area contributed by atoms with Crippen LogP contribution in [0.25, 0.3) is 5.69 Å². The molecule has 0 radical (unpaired) electrons. The third-order valence-electron chi connectivity index (χ3n) is 4.28. The molecule has 1 N–H and O–H groups in total. The lowest BCUT2D eigenvalue weighted by atomic mass is 10.1. The molecule has 0 saturated carbocycles. The molecule has 1 aliphatic heterocycles. The zero-order valence-electron chi connectivity index (χ0n) is 14.1. The summed E-state index contributed by atoms with van der Waals surface area (Å²) in [4.78, 5) is 16.1. The van der Waals surface area contributed by atoms with Gasteiger partial charge in [-0.15, -0.1) is 16.4 Å². The van der Waals surface area contributed by atoms with Gasteiger partial charge in [0.05, 0.1) is 10.9 Å². The van der Waals surface area contributed by atoms with Crippen molar-refractivity contribution in [3.8, 4) is 11.4 Å². The minimum absolute atomic E-state index is 0.0899. The molecule has 1 unspecified atom stereocenters. The van der Waals surface area contributed by atoms with Gasteiger partial charge < -0.3 is 10.0 Å². The van der Waals surface area contributed by atoms with E-state index < -0.39 is 0 Å². The van der Waals surface area contributed by atoms with Gasteiger partial charge in [-0.1, -0.05) is 11.8 Å². The van der Waals surface area contributed by atoms with Gasteiger partial charge in [0, 0.05) is 18.0 Å². The Balaban J connectivity index is 1.47. The number of aromatic hydroxyl groups is 1. The van der Waals surface area contributed by atoms with E-state index in [1.165, 1.54) is 22.2 Å². The van der Waals surface area contributed by atoms with Crippen molar-refractivity contribution in [2.75, 3.05) is 6.54 Å². The summed E-state index contributed by atoms with van der Waals surface area (Å²) >= 11 is 3.10. The molecular weight excluding hydrogens is 370 g/mol. The Morgan fingerprint density at radius 3 is 2.92 bits per heavy atom. The highest BCUT2D eigenvalue weighted by Crippen LogP contribution is 2.28. The van der Waals surface area contributed by atoms with Gasteiger partial charge in [0.2, 0.25) is 11.1 Å². The van der Waals surface area contributed by atoms with Gasteiger partial charge in [-0.3, -0.25) is 4.79 Å². The van der Waals surface area contributed by atoms with Crippen LogP contribution in [-0.2, 0) is 17.8 Å². The van der Waals surface area contributed by atoms with E-state index in [1.54, 1.807) is 40.3 Å². The summed E-state index contributed by atoms with van der Waals surface area (Å²) in [7, 11) is 0. The van der Waals surface area contributed by atoms with Crippen LogP contribution >= 0.6 is 23.1 Å². The molecule has 3 aromatic rings. The molecule has 0 aliphatic carbocycles. The number of thioether (sulfide) groups is 1. The Kier molecular flexibility index (Phi) is 4.64. The number of fused-ring (bicyclic) bond motifs is 1. The summed E-state index contributed by atoms with van der Waals surface area (Å²) in [6.45, 7) is 3.30. The molecule has 4 rings (SSSR count). The number of hydrogen-bond acceptors (Lipinski definition) is 7. The van der Waals surface area contributed by atoms with Crippen molar-refractivity contribution in [1.82, 2.24) is 25.1 Å². The highest BCUT2D eigenvalue weighted by molar-refractivity contribution is 8.00. The van der Waals surface area contributed by atoms with Crippen LogP contribution in [0, 0.1) is 0 Å². The number of thiophene rings is 1. The molecule has 3 heterocycles. The number of carbonyl (C=O) groups is 1. The standard InChI is InChI=1S/C17H17N5O2S2/c1-11(16(24)21-8-6-15-12(10-21)7-9-25-15)26-17-18-19-20-22(17)13-2-4-14(23)5-3-13/h2-5,7,9,11,23H,6,8,10H2,1H3. The number of rotatable bonds is 4. The van der Waals surface area contributed by atoms with E-state index in [1.807, 2.05) is 11.8 Å². The molecule has 9 heteroatoms. The number of phenols is 1. The number of phenolic OH excluding ortho intramolecular Hbond substituents is 1. The number of nitrogens with zero attached hydrogens (tertiary/aromatic N) is 5. The third kappa shape index (κ3) is 3.32. The predicted octanol–water partition coefficient (Wildman–Crippen LogP) is 2.49. The fraction of sp³-hybridized carbons (Fsp3) is 0.294. The van der Waals surface area contributed by atoms with Crippen LogP contribution in [0.5, 0.6) is 5.75 Å². The van der Waals surface area contributed by atoms with E-state index in [2.05, 4.69) is 27.0 Å². The average molecular weight is 387 g/mol. The number of hydrogen-bond donors (Lipinski definition) is 1. The van der Waals surface area contributed by atoms with Crippen LogP contribution in [0.3, 0.4) is 0 Å². The summed E-state index contributed by atoms with van der Waals surface area (Å²) < 4.78 is 1.57. The highest BCUT2D eigenvalue weighted by Gasteiger charge is 2.27. The topological polar surface area (TPSA) is 84.1 Å². The Morgan fingerprint density at radius 1 is 1.31 bits per heavy atom. The van der Waals surface area contributed by atoms with Gasteiger partial charge in [0.15, 0.2) is 0 Å². The molecule has 1 atom stereocenters. The zero-order chi connectivity index (χ0) is 18.1. The van der Waals surface area contributed by atoms with Crippen molar-refractivity contribution in [2.24, 2.45) is 0 Å². The fourth-order valence-corrected chi connectivity index (χ4v) is 4.69. The molecule has 0 bridgehead atoms. The van der Waals surface area contributed by atoms with E-state index in [-0.39, 0.29) is 16.9 Å². The summed E-state index contributed by atoms with van der Waals surface area (Å²) in [6, 6.07) is 8.71. The number of benzene rings is 1. The van der Waals surface area contributed by atoms with E-state index in [0.29, 0.717) is 11.7 Å².